The summed E-state index contributed by atoms with van der Waals surface area (Å²) in [6.07, 6.45) is 0.248. The summed E-state index contributed by atoms with van der Waals surface area (Å²) in [5.74, 6) is 0.785. The third kappa shape index (κ3) is 5.11. The van der Waals surface area contributed by atoms with Crippen molar-refractivity contribution < 1.29 is 14.3 Å². The first-order valence-corrected chi connectivity index (χ1v) is 11.8. The van der Waals surface area contributed by atoms with Gasteiger partial charge in [0.15, 0.2) is 0 Å². The number of aromatic nitrogens is 1. The predicted molar refractivity (Wildman–Crippen MR) is 126 cm³/mol. The van der Waals surface area contributed by atoms with E-state index in [0.717, 1.165) is 22.0 Å². The molecule has 0 atom stereocenters. The van der Waals surface area contributed by atoms with Gasteiger partial charge in [0.25, 0.3) is 5.91 Å². The second-order valence-corrected chi connectivity index (χ2v) is 8.72. The van der Waals surface area contributed by atoms with Crippen LogP contribution in [0, 0.1) is 0 Å². The molecule has 1 aliphatic heterocycles. The van der Waals surface area contributed by atoms with Crippen LogP contribution in [0.4, 0.5) is 0 Å². The van der Waals surface area contributed by atoms with Crippen LogP contribution in [0.2, 0.25) is 5.02 Å². The van der Waals surface area contributed by atoms with Crippen LogP contribution in [-0.4, -0.2) is 59.4 Å². The van der Waals surface area contributed by atoms with Gasteiger partial charge in [0, 0.05) is 42.1 Å². The third-order valence-electron chi connectivity index (χ3n) is 5.31. The number of carbonyl (C=O) groups is 2. The minimum atomic E-state index is -0.0362. The maximum Gasteiger partial charge on any atom is 0.253 e. The van der Waals surface area contributed by atoms with E-state index in [4.69, 9.17) is 16.3 Å². The van der Waals surface area contributed by atoms with E-state index in [-0.39, 0.29) is 18.2 Å². The van der Waals surface area contributed by atoms with Crippen molar-refractivity contribution in [2.75, 3.05) is 32.8 Å². The molecule has 0 N–H and O–H groups in total. The highest BCUT2D eigenvalue weighted by Crippen LogP contribution is 2.32. The summed E-state index contributed by atoms with van der Waals surface area (Å²) in [5.41, 5.74) is 2.30. The van der Waals surface area contributed by atoms with Crippen LogP contribution >= 0.6 is 22.9 Å². The van der Waals surface area contributed by atoms with E-state index in [9.17, 15) is 9.59 Å². The monoisotopic (exact) mass is 469 g/mol. The highest BCUT2D eigenvalue weighted by molar-refractivity contribution is 7.13. The first-order chi connectivity index (χ1) is 15.5. The van der Waals surface area contributed by atoms with Gasteiger partial charge in [-0.2, -0.15) is 0 Å². The molecule has 1 fully saturated rings. The molecule has 0 radical (unpaired) electrons. The van der Waals surface area contributed by atoms with Crippen LogP contribution in [0.25, 0.3) is 10.6 Å². The fourth-order valence-corrected chi connectivity index (χ4v) is 4.61. The number of hydrogen-bond acceptors (Lipinski definition) is 5. The highest BCUT2D eigenvalue weighted by atomic mass is 35.5. The molecule has 6 nitrogen and oxygen atoms in total. The van der Waals surface area contributed by atoms with Crippen LogP contribution in [-0.2, 0) is 11.2 Å². The molecule has 0 spiro atoms. The van der Waals surface area contributed by atoms with Crippen molar-refractivity contribution in [1.29, 1.82) is 0 Å². The molecule has 4 rings (SSSR count). The second kappa shape index (κ2) is 10.1. The lowest BCUT2D eigenvalue weighted by atomic mass is 10.1. The van der Waals surface area contributed by atoms with Gasteiger partial charge in [0.2, 0.25) is 5.91 Å². The van der Waals surface area contributed by atoms with E-state index in [1.165, 1.54) is 11.3 Å². The van der Waals surface area contributed by atoms with Gasteiger partial charge in [0.1, 0.15) is 10.8 Å². The van der Waals surface area contributed by atoms with Gasteiger partial charge in [-0.25, -0.2) is 4.98 Å². The first-order valence-electron chi connectivity index (χ1n) is 10.5. The summed E-state index contributed by atoms with van der Waals surface area (Å²) in [7, 11) is 0. The number of ether oxygens (including phenoxy) is 1. The molecule has 1 aromatic heterocycles. The Hall–Kier alpha value is -2.90. The molecular formula is C24H24ClN3O3S. The molecule has 1 aliphatic rings. The van der Waals surface area contributed by atoms with Crippen molar-refractivity contribution in [2.45, 2.75) is 13.3 Å². The van der Waals surface area contributed by atoms with Crippen molar-refractivity contribution in [3.63, 3.8) is 0 Å². The van der Waals surface area contributed by atoms with Gasteiger partial charge in [-0.05, 0) is 43.3 Å². The highest BCUT2D eigenvalue weighted by Gasteiger charge is 2.25. The van der Waals surface area contributed by atoms with Crippen LogP contribution in [0.5, 0.6) is 5.75 Å². The molecule has 2 heterocycles. The molecule has 2 aromatic carbocycles. The molecule has 3 aromatic rings. The summed E-state index contributed by atoms with van der Waals surface area (Å²) < 4.78 is 5.70. The van der Waals surface area contributed by atoms with Crippen molar-refractivity contribution in [3.05, 3.63) is 70.2 Å². The number of hydrogen-bond donors (Lipinski definition) is 0. The number of amides is 2. The third-order valence-corrected chi connectivity index (χ3v) is 6.49. The largest absolute Gasteiger partial charge is 0.493 e. The fraction of sp³-hybridized carbons (Fsp3) is 0.292. The summed E-state index contributed by atoms with van der Waals surface area (Å²) in [6, 6.07) is 14.7. The Labute approximate surface area is 196 Å². The number of benzene rings is 2. The van der Waals surface area contributed by atoms with E-state index in [0.29, 0.717) is 43.4 Å². The molecule has 0 bridgehead atoms. The Morgan fingerprint density at radius 3 is 2.44 bits per heavy atom. The molecule has 0 saturated carbocycles. The maximum absolute atomic E-state index is 12.8. The number of nitrogens with zero attached hydrogens (tertiary/aromatic N) is 3. The Morgan fingerprint density at radius 2 is 1.72 bits per heavy atom. The summed E-state index contributed by atoms with van der Waals surface area (Å²) in [6.45, 7) is 4.59. The van der Waals surface area contributed by atoms with Gasteiger partial charge in [-0.3, -0.25) is 9.59 Å². The lowest BCUT2D eigenvalue weighted by Crippen LogP contribution is -2.51. The molecule has 2 amide bonds. The number of piperazine rings is 1. The van der Waals surface area contributed by atoms with Crippen molar-refractivity contribution >= 4 is 34.8 Å². The molecule has 1 saturated heterocycles. The summed E-state index contributed by atoms with van der Waals surface area (Å²) >= 11 is 7.41. The van der Waals surface area contributed by atoms with Gasteiger partial charge < -0.3 is 14.5 Å². The van der Waals surface area contributed by atoms with Gasteiger partial charge in [0.05, 0.1) is 24.3 Å². The zero-order valence-electron chi connectivity index (χ0n) is 17.8. The quantitative estimate of drug-likeness (QED) is 0.537. The number of rotatable bonds is 6. The zero-order valence-corrected chi connectivity index (χ0v) is 19.4. The number of carbonyl (C=O) groups excluding carboxylic acids is 2. The zero-order chi connectivity index (χ0) is 22.5. The Kier molecular flexibility index (Phi) is 7.07. The van der Waals surface area contributed by atoms with Gasteiger partial charge in [-0.1, -0.05) is 23.7 Å². The van der Waals surface area contributed by atoms with E-state index >= 15 is 0 Å². The minimum absolute atomic E-state index is 0.0264. The standard InChI is InChI=1S/C24H24ClN3O3S/c1-2-31-21-6-4-3-5-20(21)23-26-19(16-32-23)15-22(29)27-11-13-28(14-12-27)24(30)17-7-9-18(25)10-8-17/h3-10,16H,2,11-15H2,1H3. The smallest absolute Gasteiger partial charge is 0.253 e. The molecule has 8 heteroatoms. The normalized spacial score (nSPS) is 13.8. The molecule has 166 valence electrons. The van der Waals surface area contributed by atoms with E-state index in [1.807, 2.05) is 36.6 Å². The molecule has 0 unspecified atom stereocenters. The van der Waals surface area contributed by atoms with E-state index in [2.05, 4.69) is 4.98 Å². The molecule has 32 heavy (non-hydrogen) atoms. The predicted octanol–water partition coefficient (Wildman–Crippen LogP) is 4.39. The number of thiazole rings is 1. The van der Waals surface area contributed by atoms with Crippen LogP contribution < -0.4 is 4.74 Å². The van der Waals surface area contributed by atoms with Crippen LogP contribution in [0.3, 0.4) is 0 Å². The Balaban J connectivity index is 1.34. The van der Waals surface area contributed by atoms with Crippen molar-refractivity contribution in [3.8, 4) is 16.3 Å². The van der Waals surface area contributed by atoms with E-state index in [1.54, 1.807) is 34.1 Å². The topological polar surface area (TPSA) is 62.7 Å². The molecular weight excluding hydrogens is 446 g/mol. The van der Waals surface area contributed by atoms with Gasteiger partial charge in [-0.15, -0.1) is 11.3 Å². The van der Waals surface area contributed by atoms with E-state index < -0.39 is 0 Å². The summed E-state index contributed by atoms with van der Waals surface area (Å²) in [5, 5.41) is 3.37. The maximum atomic E-state index is 12.8. The average molecular weight is 470 g/mol. The lowest BCUT2D eigenvalue weighted by Gasteiger charge is -2.34. The first kappa shape index (κ1) is 22.3. The lowest BCUT2D eigenvalue weighted by molar-refractivity contribution is -0.132. The number of para-hydroxylation sites is 1. The summed E-state index contributed by atoms with van der Waals surface area (Å²) in [4.78, 5) is 33.7. The Bertz CT molecular complexity index is 1090. The molecule has 0 aliphatic carbocycles. The van der Waals surface area contributed by atoms with Gasteiger partial charge >= 0.3 is 0 Å². The van der Waals surface area contributed by atoms with Crippen molar-refractivity contribution in [1.82, 2.24) is 14.8 Å². The fourth-order valence-electron chi connectivity index (χ4n) is 3.64. The van der Waals surface area contributed by atoms with Crippen LogP contribution in [0.15, 0.2) is 53.9 Å². The van der Waals surface area contributed by atoms with Crippen molar-refractivity contribution in [2.24, 2.45) is 0 Å². The van der Waals surface area contributed by atoms with Crippen LogP contribution in [0.1, 0.15) is 23.0 Å². The SMILES string of the molecule is CCOc1ccccc1-c1nc(CC(=O)N2CCN(C(=O)c3ccc(Cl)cc3)CC2)cs1. The Morgan fingerprint density at radius 1 is 1.03 bits per heavy atom. The average Bonchev–Trinajstić information content (AvgIpc) is 3.28. The second-order valence-electron chi connectivity index (χ2n) is 7.43. The number of halogens is 1. The minimum Gasteiger partial charge on any atom is -0.493 e.